The van der Waals surface area contributed by atoms with Gasteiger partial charge in [-0.2, -0.15) is 4.37 Å². The maximum Gasteiger partial charge on any atom is 0.341 e. The zero-order chi connectivity index (χ0) is 24.0. The smallest absolute Gasteiger partial charge is 0.341 e. The maximum absolute atomic E-state index is 12.9. The van der Waals surface area contributed by atoms with E-state index in [-0.39, 0.29) is 22.8 Å². The van der Waals surface area contributed by atoms with E-state index in [1.54, 1.807) is 25.3 Å². The van der Waals surface area contributed by atoms with E-state index < -0.39 is 11.4 Å². The third-order valence-corrected chi connectivity index (χ3v) is 6.33. The number of fused-ring (bicyclic) bond motifs is 1. The second kappa shape index (κ2) is 8.30. The quantitative estimate of drug-likeness (QED) is 0.441. The number of pyridine rings is 3. The van der Waals surface area contributed by atoms with Gasteiger partial charge >= 0.3 is 5.97 Å². The Labute approximate surface area is 196 Å². The third-order valence-electron chi connectivity index (χ3n) is 5.67. The summed E-state index contributed by atoms with van der Waals surface area (Å²) in [5.74, 6) is -0.594. The number of carbonyl (C=O) groups is 2. The van der Waals surface area contributed by atoms with E-state index in [9.17, 15) is 19.5 Å². The molecule has 172 valence electrons. The normalized spacial score (nSPS) is 13.6. The molecule has 0 aromatic carbocycles. The fraction of sp³-hybridized carbons (Fsp3) is 0.227. The van der Waals surface area contributed by atoms with Crippen molar-refractivity contribution in [2.24, 2.45) is 5.92 Å². The Hall–Kier alpha value is -4.19. The third kappa shape index (κ3) is 3.77. The fourth-order valence-electron chi connectivity index (χ4n) is 3.81. The molecule has 0 saturated carbocycles. The summed E-state index contributed by atoms with van der Waals surface area (Å²) >= 11 is 1.06. The van der Waals surface area contributed by atoms with Crippen molar-refractivity contribution in [3.05, 3.63) is 63.8 Å². The predicted molar refractivity (Wildman–Crippen MR) is 126 cm³/mol. The summed E-state index contributed by atoms with van der Waals surface area (Å²) in [6.07, 6.45) is 4.27. The molecule has 0 radical (unpaired) electrons. The first kappa shape index (κ1) is 21.6. The largest absolute Gasteiger partial charge is 0.477 e. The van der Waals surface area contributed by atoms with Crippen LogP contribution in [0.1, 0.15) is 21.5 Å². The van der Waals surface area contributed by atoms with Crippen molar-refractivity contribution in [3.63, 3.8) is 0 Å². The number of aromatic carboxylic acids is 1. The molecule has 0 unspecified atom stereocenters. The zero-order valence-electron chi connectivity index (χ0n) is 18.2. The summed E-state index contributed by atoms with van der Waals surface area (Å²) in [5, 5.41) is 12.9. The second-order valence-corrected chi connectivity index (χ2v) is 8.84. The van der Waals surface area contributed by atoms with Gasteiger partial charge in [-0.15, -0.1) is 0 Å². The van der Waals surface area contributed by atoms with Gasteiger partial charge in [0.15, 0.2) is 5.65 Å². The Kier molecular flexibility index (Phi) is 5.28. The molecule has 12 heteroatoms. The molecule has 2 N–H and O–H groups in total. The van der Waals surface area contributed by atoms with Gasteiger partial charge in [-0.25, -0.2) is 19.7 Å². The maximum atomic E-state index is 12.9. The summed E-state index contributed by atoms with van der Waals surface area (Å²) in [6.45, 7) is 4.56. The van der Waals surface area contributed by atoms with Crippen LogP contribution in [0.4, 0.5) is 11.6 Å². The highest BCUT2D eigenvalue weighted by atomic mass is 32.1. The molecule has 4 aromatic heterocycles. The van der Waals surface area contributed by atoms with E-state index in [4.69, 9.17) is 0 Å². The summed E-state index contributed by atoms with van der Waals surface area (Å²) in [6, 6.07) is 5.37. The first-order valence-corrected chi connectivity index (χ1v) is 11.1. The number of hydrogen-bond acceptors (Lipinski definition) is 9. The number of carboxylic acids is 1. The predicted octanol–water partition coefficient (Wildman–Crippen LogP) is 2.02. The minimum atomic E-state index is -1.33. The summed E-state index contributed by atoms with van der Waals surface area (Å²) in [4.78, 5) is 52.0. The van der Waals surface area contributed by atoms with Crippen molar-refractivity contribution < 1.29 is 14.7 Å². The molecule has 1 aliphatic rings. The molecule has 1 fully saturated rings. The van der Waals surface area contributed by atoms with E-state index in [0.29, 0.717) is 41.1 Å². The topological polar surface area (TPSA) is 143 Å². The van der Waals surface area contributed by atoms with Gasteiger partial charge in [0.1, 0.15) is 23.5 Å². The van der Waals surface area contributed by atoms with Crippen LogP contribution < -0.4 is 15.6 Å². The summed E-state index contributed by atoms with van der Waals surface area (Å²) in [5.41, 5.74) is 0.909. The molecule has 1 amide bonds. The van der Waals surface area contributed by atoms with Gasteiger partial charge in [0.25, 0.3) is 0 Å². The van der Waals surface area contributed by atoms with E-state index in [2.05, 4.69) is 24.6 Å². The number of amides is 1. The molecule has 1 saturated heterocycles. The first-order valence-electron chi connectivity index (χ1n) is 10.4. The van der Waals surface area contributed by atoms with Gasteiger partial charge in [-0.1, -0.05) is 6.07 Å². The number of hydrogen-bond donors (Lipinski definition) is 2. The van der Waals surface area contributed by atoms with Crippen LogP contribution in [-0.4, -0.2) is 54.0 Å². The van der Waals surface area contributed by atoms with Crippen LogP contribution in [0.3, 0.4) is 0 Å². The SMILES string of the molecule is Cc1ccc(NC(=O)C2CN(c3cc(C)c4c(=O)c(C(=O)O)cn(-c5ncns5)c4n3)C2)nc1. The Bertz CT molecular complexity index is 1480. The number of aromatic nitrogens is 5. The Balaban J connectivity index is 1.45. The Morgan fingerprint density at radius 2 is 2.00 bits per heavy atom. The number of anilines is 2. The van der Waals surface area contributed by atoms with Gasteiger partial charge in [0, 0.05) is 37.0 Å². The average molecular weight is 478 g/mol. The molecule has 5 heterocycles. The molecule has 0 atom stereocenters. The molecule has 0 bridgehead atoms. The lowest BCUT2D eigenvalue weighted by molar-refractivity contribution is -0.120. The van der Waals surface area contributed by atoms with E-state index in [1.165, 1.54) is 17.1 Å². The molecule has 4 aromatic rings. The summed E-state index contributed by atoms with van der Waals surface area (Å²) in [7, 11) is 0. The van der Waals surface area contributed by atoms with Crippen LogP contribution >= 0.6 is 11.5 Å². The van der Waals surface area contributed by atoms with E-state index in [0.717, 1.165) is 17.1 Å². The highest BCUT2D eigenvalue weighted by Crippen LogP contribution is 2.28. The van der Waals surface area contributed by atoms with Crippen molar-refractivity contribution in [1.29, 1.82) is 0 Å². The lowest BCUT2D eigenvalue weighted by Gasteiger charge is -2.39. The second-order valence-electron chi connectivity index (χ2n) is 8.08. The van der Waals surface area contributed by atoms with Crippen molar-refractivity contribution >= 4 is 46.1 Å². The Morgan fingerprint density at radius 3 is 2.65 bits per heavy atom. The van der Waals surface area contributed by atoms with Crippen LogP contribution in [0.5, 0.6) is 0 Å². The van der Waals surface area contributed by atoms with Gasteiger partial charge in [0.2, 0.25) is 16.5 Å². The van der Waals surface area contributed by atoms with E-state index >= 15 is 0 Å². The number of nitrogens with one attached hydrogen (secondary N) is 1. The lowest BCUT2D eigenvalue weighted by atomic mass is 9.98. The minimum Gasteiger partial charge on any atom is -0.477 e. The number of carboxylic acid groups (broad SMARTS) is 1. The molecule has 11 nitrogen and oxygen atoms in total. The number of carbonyl (C=O) groups excluding carboxylic acids is 1. The molecular weight excluding hydrogens is 458 g/mol. The number of nitrogens with zero attached hydrogens (tertiary/aromatic N) is 6. The molecule has 0 aliphatic carbocycles. The number of rotatable bonds is 5. The monoisotopic (exact) mass is 477 g/mol. The fourth-order valence-corrected chi connectivity index (χ4v) is 4.32. The van der Waals surface area contributed by atoms with Crippen LogP contribution in [-0.2, 0) is 4.79 Å². The zero-order valence-corrected chi connectivity index (χ0v) is 19.0. The average Bonchev–Trinajstić information content (AvgIpc) is 3.29. The van der Waals surface area contributed by atoms with Gasteiger partial charge in [-0.05, 0) is 37.1 Å². The van der Waals surface area contributed by atoms with Crippen LogP contribution in [0, 0.1) is 19.8 Å². The highest BCUT2D eigenvalue weighted by Gasteiger charge is 2.34. The Morgan fingerprint density at radius 1 is 1.21 bits per heavy atom. The molecular formula is C22H19N7O4S. The molecule has 34 heavy (non-hydrogen) atoms. The standard InChI is InChI=1S/C22H19N7O4S/c1-11-3-4-15(23-6-11)26-20(31)13-7-28(8-13)16-5-12(2)17-18(30)14(21(32)33)9-29(19(17)27-16)22-24-10-25-34-22/h3-6,9-10,13H,7-8H2,1-2H3,(H,32,33)(H,23,26,31). The van der Waals surface area contributed by atoms with Crippen LogP contribution in [0.25, 0.3) is 16.2 Å². The highest BCUT2D eigenvalue weighted by molar-refractivity contribution is 7.08. The molecule has 0 spiro atoms. The van der Waals surface area contributed by atoms with Crippen molar-refractivity contribution in [1.82, 2.24) is 23.9 Å². The van der Waals surface area contributed by atoms with Gasteiger partial charge < -0.3 is 15.3 Å². The first-order chi connectivity index (χ1) is 16.3. The van der Waals surface area contributed by atoms with Gasteiger partial charge in [-0.3, -0.25) is 14.2 Å². The van der Waals surface area contributed by atoms with Crippen molar-refractivity contribution in [2.45, 2.75) is 13.8 Å². The summed E-state index contributed by atoms with van der Waals surface area (Å²) < 4.78 is 5.45. The van der Waals surface area contributed by atoms with Crippen molar-refractivity contribution in [2.75, 3.05) is 23.3 Å². The van der Waals surface area contributed by atoms with Gasteiger partial charge in [0.05, 0.1) is 11.3 Å². The minimum absolute atomic E-state index is 0.123. The van der Waals surface area contributed by atoms with Crippen molar-refractivity contribution in [3.8, 4) is 5.13 Å². The number of aryl methyl sites for hydroxylation is 2. The molecule has 5 rings (SSSR count). The molecule has 1 aliphatic heterocycles. The van der Waals surface area contributed by atoms with E-state index in [1.807, 2.05) is 17.9 Å². The lowest BCUT2D eigenvalue weighted by Crippen LogP contribution is -2.52. The van der Waals surface area contributed by atoms with Crippen LogP contribution in [0.15, 0.2) is 41.7 Å². The van der Waals surface area contributed by atoms with Crippen LogP contribution in [0.2, 0.25) is 0 Å².